The number of hydrogen-bond donors (Lipinski definition) is 2. The largest absolute Gasteiger partial charge is 0.480 e. The molecular weight excluding hydrogens is 162 g/mol. The fourth-order valence-corrected chi connectivity index (χ4v) is 0.547. The van der Waals surface area contributed by atoms with Crippen molar-refractivity contribution in [2.24, 2.45) is 5.73 Å². The van der Waals surface area contributed by atoms with Crippen molar-refractivity contribution in [3.63, 3.8) is 0 Å². The van der Waals surface area contributed by atoms with Gasteiger partial charge in [-0.25, -0.2) is 4.79 Å². The lowest BCUT2D eigenvalue weighted by atomic mass is 10.4. The van der Waals surface area contributed by atoms with Crippen molar-refractivity contribution in [1.29, 1.82) is 0 Å². The quantitative estimate of drug-likeness (QED) is 0.510. The molecule has 0 spiro atoms. The average molecular weight is 177 g/mol. The Kier molecular flexibility index (Phi) is 6.64. The number of carboxylic acid groups (broad SMARTS) is 1. The number of carboxylic acids is 1. The molecule has 0 saturated heterocycles. The normalized spacial score (nSPS) is 12.8. The highest BCUT2D eigenvalue weighted by atomic mass is 16.5. The monoisotopic (exact) mass is 177 g/mol. The summed E-state index contributed by atoms with van der Waals surface area (Å²) in [6, 6.07) is 0.00414. The van der Waals surface area contributed by atoms with Crippen LogP contribution in [0.2, 0.25) is 0 Å². The highest BCUT2D eigenvalue weighted by Gasteiger charge is 1.96. The zero-order chi connectivity index (χ0) is 9.40. The fourth-order valence-electron chi connectivity index (χ4n) is 0.547. The van der Waals surface area contributed by atoms with E-state index in [1.807, 2.05) is 6.92 Å². The van der Waals surface area contributed by atoms with Crippen LogP contribution < -0.4 is 5.73 Å². The molecule has 0 heterocycles. The molecule has 0 aliphatic carbocycles. The van der Waals surface area contributed by atoms with E-state index < -0.39 is 5.97 Å². The predicted octanol–water partition coefficient (Wildman–Crippen LogP) is -0.549. The molecule has 0 rings (SSSR count). The summed E-state index contributed by atoms with van der Waals surface area (Å²) in [5.74, 6) is -0.970. The second-order valence-corrected chi connectivity index (χ2v) is 2.50. The van der Waals surface area contributed by atoms with E-state index in [-0.39, 0.29) is 12.6 Å². The van der Waals surface area contributed by atoms with Crippen molar-refractivity contribution in [2.45, 2.75) is 13.0 Å². The Labute approximate surface area is 71.5 Å². The number of ether oxygens (including phenoxy) is 2. The number of rotatable bonds is 7. The molecule has 0 radical (unpaired) electrons. The Morgan fingerprint density at radius 2 is 2.08 bits per heavy atom. The Morgan fingerprint density at radius 1 is 1.50 bits per heavy atom. The second-order valence-electron chi connectivity index (χ2n) is 2.50. The third-order valence-corrected chi connectivity index (χ3v) is 0.978. The van der Waals surface area contributed by atoms with Gasteiger partial charge < -0.3 is 20.3 Å². The van der Waals surface area contributed by atoms with E-state index in [0.29, 0.717) is 19.8 Å². The molecule has 0 fully saturated rings. The molecule has 5 heteroatoms. The Morgan fingerprint density at radius 3 is 2.58 bits per heavy atom. The molecule has 0 aliphatic rings. The van der Waals surface area contributed by atoms with Crippen LogP contribution in [0.1, 0.15) is 6.92 Å². The standard InChI is InChI=1S/C7H15NO4/c1-6(8)4-11-2-3-12-5-7(9)10/h6H,2-5,8H2,1H3,(H,9,10). The van der Waals surface area contributed by atoms with Crippen LogP contribution in [0.15, 0.2) is 0 Å². The van der Waals surface area contributed by atoms with E-state index in [1.165, 1.54) is 0 Å². The van der Waals surface area contributed by atoms with Gasteiger partial charge in [0.2, 0.25) is 0 Å². The summed E-state index contributed by atoms with van der Waals surface area (Å²) in [7, 11) is 0. The van der Waals surface area contributed by atoms with Gasteiger partial charge in [-0.3, -0.25) is 0 Å². The summed E-state index contributed by atoms with van der Waals surface area (Å²) in [6.07, 6.45) is 0. The first-order valence-corrected chi connectivity index (χ1v) is 3.75. The smallest absolute Gasteiger partial charge is 0.329 e. The van der Waals surface area contributed by atoms with Crippen molar-refractivity contribution in [3.05, 3.63) is 0 Å². The van der Waals surface area contributed by atoms with Crippen LogP contribution in [0.5, 0.6) is 0 Å². The van der Waals surface area contributed by atoms with Gasteiger partial charge in [0.15, 0.2) is 0 Å². The summed E-state index contributed by atoms with van der Waals surface area (Å²) < 4.78 is 9.75. The van der Waals surface area contributed by atoms with Gasteiger partial charge in [-0.1, -0.05) is 0 Å². The minimum absolute atomic E-state index is 0.00414. The summed E-state index contributed by atoms with van der Waals surface area (Å²) in [5.41, 5.74) is 5.40. The number of hydrogen-bond acceptors (Lipinski definition) is 4. The lowest BCUT2D eigenvalue weighted by Crippen LogP contribution is -2.23. The van der Waals surface area contributed by atoms with Crippen LogP contribution in [-0.4, -0.2) is 43.5 Å². The van der Waals surface area contributed by atoms with Crippen LogP contribution in [0.4, 0.5) is 0 Å². The first kappa shape index (κ1) is 11.4. The highest BCUT2D eigenvalue weighted by Crippen LogP contribution is 1.81. The first-order valence-electron chi connectivity index (χ1n) is 3.75. The predicted molar refractivity (Wildman–Crippen MR) is 42.9 cm³/mol. The lowest BCUT2D eigenvalue weighted by Gasteiger charge is -2.06. The van der Waals surface area contributed by atoms with Crippen LogP contribution in [-0.2, 0) is 14.3 Å². The SMILES string of the molecule is CC(N)COCCOCC(=O)O. The zero-order valence-corrected chi connectivity index (χ0v) is 7.16. The Hall–Kier alpha value is -0.650. The molecule has 1 unspecified atom stereocenters. The van der Waals surface area contributed by atoms with Crippen molar-refractivity contribution in [2.75, 3.05) is 26.4 Å². The topological polar surface area (TPSA) is 81.8 Å². The molecular formula is C7H15NO4. The van der Waals surface area contributed by atoms with E-state index in [0.717, 1.165) is 0 Å². The van der Waals surface area contributed by atoms with Gasteiger partial charge in [0.05, 0.1) is 19.8 Å². The maximum Gasteiger partial charge on any atom is 0.329 e. The van der Waals surface area contributed by atoms with Gasteiger partial charge in [-0.15, -0.1) is 0 Å². The Bertz CT molecular complexity index is 127. The van der Waals surface area contributed by atoms with Gasteiger partial charge in [0.25, 0.3) is 0 Å². The molecule has 72 valence electrons. The van der Waals surface area contributed by atoms with Crippen LogP contribution in [0.25, 0.3) is 0 Å². The van der Waals surface area contributed by atoms with Gasteiger partial charge >= 0.3 is 5.97 Å². The summed E-state index contributed by atoms with van der Waals surface area (Å²) >= 11 is 0. The summed E-state index contributed by atoms with van der Waals surface area (Å²) in [5, 5.41) is 8.17. The molecule has 0 aliphatic heterocycles. The third-order valence-electron chi connectivity index (χ3n) is 0.978. The second kappa shape index (κ2) is 7.02. The summed E-state index contributed by atoms with van der Waals surface area (Å²) in [6.45, 7) is 2.70. The lowest BCUT2D eigenvalue weighted by molar-refractivity contribution is -0.142. The van der Waals surface area contributed by atoms with Gasteiger partial charge in [0, 0.05) is 6.04 Å². The van der Waals surface area contributed by atoms with E-state index in [1.54, 1.807) is 0 Å². The molecule has 12 heavy (non-hydrogen) atoms. The molecule has 0 aromatic carbocycles. The van der Waals surface area contributed by atoms with E-state index >= 15 is 0 Å². The van der Waals surface area contributed by atoms with Crippen molar-refractivity contribution in [3.8, 4) is 0 Å². The van der Waals surface area contributed by atoms with Crippen molar-refractivity contribution < 1.29 is 19.4 Å². The molecule has 1 atom stereocenters. The van der Waals surface area contributed by atoms with Gasteiger partial charge in [-0.2, -0.15) is 0 Å². The van der Waals surface area contributed by atoms with E-state index in [2.05, 4.69) is 0 Å². The molecule has 0 aromatic heterocycles. The van der Waals surface area contributed by atoms with Crippen molar-refractivity contribution >= 4 is 5.97 Å². The minimum atomic E-state index is -0.970. The fraction of sp³-hybridized carbons (Fsp3) is 0.857. The average Bonchev–Trinajstić information content (AvgIpc) is 1.95. The minimum Gasteiger partial charge on any atom is -0.480 e. The third kappa shape index (κ3) is 9.35. The first-order chi connectivity index (χ1) is 5.63. The maximum atomic E-state index is 9.95. The van der Waals surface area contributed by atoms with Gasteiger partial charge in [0.1, 0.15) is 6.61 Å². The van der Waals surface area contributed by atoms with Crippen LogP contribution in [0.3, 0.4) is 0 Å². The number of aliphatic carboxylic acids is 1. The van der Waals surface area contributed by atoms with Crippen LogP contribution >= 0.6 is 0 Å². The molecule has 0 bridgehead atoms. The van der Waals surface area contributed by atoms with E-state index in [4.69, 9.17) is 20.3 Å². The van der Waals surface area contributed by atoms with Crippen LogP contribution in [0, 0.1) is 0 Å². The van der Waals surface area contributed by atoms with Gasteiger partial charge in [-0.05, 0) is 6.92 Å². The Balaban J connectivity index is 2.96. The number of carbonyl (C=O) groups is 1. The van der Waals surface area contributed by atoms with Crippen molar-refractivity contribution in [1.82, 2.24) is 0 Å². The summed E-state index contributed by atoms with van der Waals surface area (Å²) in [4.78, 5) is 9.95. The maximum absolute atomic E-state index is 9.95. The van der Waals surface area contributed by atoms with E-state index in [9.17, 15) is 4.79 Å². The molecule has 5 nitrogen and oxygen atoms in total. The molecule has 0 amide bonds. The molecule has 0 aromatic rings. The molecule has 0 saturated carbocycles. The zero-order valence-electron chi connectivity index (χ0n) is 7.16. The highest BCUT2D eigenvalue weighted by molar-refractivity contribution is 5.67. The molecule has 3 N–H and O–H groups in total. The number of nitrogens with two attached hydrogens (primary N) is 1.